The Hall–Kier alpha value is 0.580. The van der Waals surface area contributed by atoms with E-state index in [1.807, 2.05) is 0 Å². The van der Waals surface area contributed by atoms with Crippen LogP contribution >= 0.6 is 23.2 Å². The van der Waals surface area contributed by atoms with Crippen molar-refractivity contribution in [3.05, 3.63) is 12.8 Å². The fourth-order valence-corrected chi connectivity index (χ4v) is 0.189. The van der Waals surface area contributed by atoms with Gasteiger partial charge in [-0.1, -0.05) is 6.92 Å². The highest BCUT2D eigenvalue weighted by atomic mass is 35.5. The number of alkyl halides is 1. The van der Waals surface area contributed by atoms with Crippen LogP contribution in [0.25, 0.3) is 0 Å². The molecule has 0 amide bonds. The highest BCUT2D eigenvalue weighted by molar-refractivity contribution is 6.31. The van der Waals surface area contributed by atoms with Crippen molar-refractivity contribution in [1.29, 1.82) is 0 Å². The Bertz CT molecular complexity index is 24.7. The van der Waals surface area contributed by atoms with E-state index in [0.717, 1.165) is 0 Å². The Morgan fingerprint density at radius 3 is 2.33 bits per heavy atom. The molecule has 0 aromatic rings. The van der Waals surface area contributed by atoms with Crippen molar-refractivity contribution in [2.45, 2.75) is 11.8 Å². The zero-order chi connectivity index (χ0) is 4.99. The molecule has 0 bridgehead atoms. The molecule has 0 aliphatic heterocycles. The summed E-state index contributed by atoms with van der Waals surface area (Å²) in [5.41, 5.74) is 0. The van der Waals surface area contributed by atoms with Gasteiger partial charge in [0.2, 0.25) is 0 Å². The van der Waals surface area contributed by atoms with Crippen LogP contribution in [0.15, 0.2) is 0 Å². The lowest BCUT2D eigenvalue weighted by atomic mass is 10.4. The van der Waals surface area contributed by atoms with Crippen molar-refractivity contribution < 1.29 is 0 Å². The van der Waals surface area contributed by atoms with Gasteiger partial charge in [0.1, 0.15) is 0 Å². The summed E-state index contributed by atoms with van der Waals surface area (Å²) in [4.78, 5) is 0. The first-order chi connectivity index (χ1) is 2.81. The van der Waals surface area contributed by atoms with E-state index in [4.69, 9.17) is 23.2 Å². The van der Waals surface area contributed by atoms with Gasteiger partial charge in [-0.2, -0.15) is 0 Å². The predicted molar refractivity (Wildman–Crippen MR) is 29.8 cm³/mol. The second kappa shape index (κ2) is 3.76. The zero-order valence-corrected chi connectivity index (χ0v) is 4.84. The molecule has 0 fully saturated rings. The summed E-state index contributed by atoms with van der Waals surface area (Å²) in [7, 11) is 0. The van der Waals surface area contributed by atoms with Gasteiger partial charge in [0.15, 0.2) is 0 Å². The third-order valence-electron chi connectivity index (χ3n) is 0.412. The van der Waals surface area contributed by atoms with Crippen LogP contribution in [-0.4, -0.2) is 5.38 Å². The molecule has 0 N–H and O–H groups in total. The molecule has 0 saturated carbocycles. The number of halogens is 2. The maximum atomic E-state index is 5.40. The van der Waals surface area contributed by atoms with Gasteiger partial charge in [-0.25, -0.2) is 0 Å². The highest BCUT2D eigenvalue weighted by Gasteiger charge is 1.94. The second-order valence-corrected chi connectivity index (χ2v) is 1.74. The molecule has 0 nitrogen and oxygen atoms in total. The fourth-order valence-electron chi connectivity index (χ4n) is 0.0630. The quantitative estimate of drug-likeness (QED) is 0.496. The smallest absolute Gasteiger partial charge is 0.0677 e. The van der Waals surface area contributed by atoms with Gasteiger partial charge in [-0.3, -0.25) is 0 Å². The van der Waals surface area contributed by atoms with Crippen molar-refractivity contribution in [2.75, 3.05) is 0 Å². The summed E-state index contributed by atoms with van der Waals surface area (Å²) in [6.07, 6.45) is 0.658. The van der Waals surface area contributed by atoms with Crippen molar-refractivity contribution in [3.8, 4) is 0 Å². The first kappa shape index (κ1) is 6.58. The topological polar surface area (TPSA) is 0 Å². The summed E-state index contributed by atoms with van der Waals surface area (Å²) in [5, 5.41) is -0.0633. The van der Waals surface area contributed by atoms with Crippen LogP contribution in [-0.2, 0) is 0 Å². The molecule has 0 rings (SSSR count). The van der Waals surface area contributed by atoms with Crippen LogP contribution in [0.4, 0.5) is 0 Å². The van der Waals surface area contributed by atoms with Crippen molar-refractivity contribution in [2.24, 2.45) is 0 Å². The standard InChI is InChI=1S/C4H6Cl2/c1-2-4(6)3-5/h3-4H,1-2H2. The summed E-state index contributed by atoms with van der Waals surface area (Å²) in [6.45, 7) is 3.51. The van der Waals surface area contributed by atoms with E-state index in [9.17, 15) is 0 Å². The first-order valence-corrected chi connectivity index (χ1v) is 2.55. The molecule has 36 valence electrons. The molecule has 1 atom stereocenters. The maximum Gasteiger partial charge on any atom is 0.0677 e. The van der Waals surface area contributed by atoms with Gasteiger partial charge >= 0.3 is 0 Å². The molecule has 2 radical (unpaired) electrons. The minimum absolute atomic E-state index is 0.0633. The third kappa shape index (κ3) is 2.80. The Morgan fingerprint density at radius 1 is 1.83 bits per heavy atom. The van der Waals surface area contributed by atoms with Crippen LogP contribution in [0.1, 0.15) is 6.42 Å². The van der Waals surface area contributed by atoms with Gasteiger partial charge in [-0.15, -0.1) is 23.2 Å². The second-order valence-electron chi connectivity index (χ2n) is 0.931. The van der Waals surface area contributed by atoms with E-state index in [0.29, 0.717) is 6.42 Å². The van der Waals surface area contributed by atoms with Gasteiger partial charge in [0.25, 0.3) is 0 Å². The third-order valence-corrected chi connectivity index (χ3v) is 1.19. The van der Waals surface area contributed by atoms with E-state index in [2.05, 4.69) is 6.92 Å². The van der Waals surface area contributed by atoms with E-state index in [1.165, 1.54) is 5.88 Å². The van der Waals surface area contributed by atoms with Crippen molar-refractivity contribution in [1.82, 2.24) is 0 Å². The van der Waals surface area contributed by atoms with Crippen molar-refractivity contribution >= 4 is 23.2 Å². The van der Waals surface area contributed by atoms with E-state index >= 15 is 0 Å². The molecule has 1 unspecified atom stereocenters. The Labute approximate surface area is 48.4 Å². The van der Waals surface area contributed by atoms with Crippen LogP contribution in [0.3, 0.4) is 0 Å². The predicted octanol–water partition coefficient (Wildman–Crippen LogP) is 2.22. The normalized spacial score (nSPS) is 14.5. The Morgan fingerprint density at radius 2 is 2.33 bits per heavy atom. The largest absolute Gasteiger partial charge is 0.121 e. The molecule has 0 aliphatic rings. The van der Waals surface area contributed by atoms with Crippen LogP contribution < -0.4 is 0 Å². The summed E-state index contributed by atoms with van der Waals surface area (Å²) >= 11 is 10.6. The molecule has 0 saturated heterocycles. The molecule has 0 spiro atoms. The first-order valence-electron chi connectivity index (χ1n) is 1.68. The van der Waals surface area contributed by atoms with Gasteiger partial charge in [0, 0.05) is 0 Å². The molecule has 6 heavy (non-hydrogen) atoms. The molecule has 0 aliphatic carbocycles. The van der Waals surface area contributed by atoms with E-state index < -0.39 is 0 Å². The summed E-state index contributed by atoms with van der Waals surface area (Å²) in [6, 6.07) is 0. The Balaban J connectivity index is 2.75. The van der Waals surface area contributed by atoms with Gasteiger partial charge < -0.3 is 0 Å². The lowest BCUT2D eigenvalue weighted by Crippen LogP contribution is -1.88. The molecule has 0 aromatic heterocycles. The van der Waals surface area contributed by atoms with Gasteiger partial charge in [0.05, 0.1) is 11.3 Å². The lowest BCUT2D eigenvalue weighted by Gasteiger charge is -1.93. The monoisotopic (exact) mass is 124 g/mol. The molecular formula is C4H6Cl2. The van der Waals surface area contributed by atoms with Crippen LogP contribution in [0.2, 0.25) is 0 Å². The van der Waals surface area contributed by atoms with Crippen LogP contribution in [0.5, 0.6) is 0 Å². The molecule has 0 aromatic carbocycles. The average molecular weight is 125 g/mol. The summed E-state index contributed by atoms with van der Waals surface area (Å²) in [5.74, 6) is 1.40. The maximum absolute atomic E-state index is 5.40. The van der Waals surface area contributed by atoms with Crippen LogP contribution in [0, 0.1) is 12.8 Å². The van der Waals surface area contributed by atoms with E-state index in [1.54, 1.807) is 0 Å². The minimum atomic E-state index is -0.0633. The molecule has 2 heteroatoms. The van der Waals surface area contributed by atoms with Crippen molar-refractivity contribution in [3.63, 3.8) is 0 Å². The average Bonchev–Trinajstić information content (AvgIpc) is 1.65. The fraction of sp³-hybridized carbons (Fsp3) is 0.500. The van der Waals surface area contributed by atoms with Gasteiger partial charge in [-0.05, 0) is 6.42 Å². The SMILES string of the molecule is [CH2]CC(Cl)[CH]Cl. The minimum Gasteiger partial charge on any atom is -0.121 e. The van der Waals surface area contributed by atoms with E-state index in [-0.39, 0.29) is 5.38 Å². The molecular weight excluding hydrogens is 119 g/mol. The number of hydrogen-bond donors (Lipinski definition) is 0. The zero-order valence-electron chi connectivity index (χ0n) is 3.32. The highest BCUT2D eigenvalue weighted by Crippen LogP contribution is 2.05. The Kier molecular flexibility index (Phi) is 4.12. The lowest BCUT2D eigenvalue weighted by molar-refractivity contribution is 1.04. The number of rotatable bonds is 2. The summed E-state index contributed by atoms with van der Waals surface area (Å²) < 4.78 is 0. The molecule has 0 heterocycles. The number of hydrogen-bond acceptors (Lipinski definition) is 0.